The van der Waals surface area contributed by atoms with Crippen molar-refractivity contribution < 1.29 is 45.5 Å². The zero-order valence-electron chi connectivity index (χ0n) is 25.5. The smallest absolute Gasteiger partial charge is 0.274 e. The van der Waals surface area contributed by atoms with E-state index >= 15 is 0 Å². The summed E-state index contributed by atoms with van der Waals surface area (Å²) >= 11 is 0. The summed E-state index contributed by atoms with van der Waals surface area (Å²) in [5.41, 5.74) is -3.01. The number of hydrogen-bond acceptors (Lipinski definition) is 6. The van der Waals surface area contributed by atoms with Gasteiger partial charge in [-0.2, -0.15) is 26.3 Å². The number of imide groups is 2. The van der Waals surface area contributed by atoms with Crippen molar-refractivity contribution in [1.29, 1.82) is 0 Å². The number of nitrogens with zero attached hydrogens (tertiary/aromatic N) is 4. The van der Waals surface area contributed by atoms with Crippen LogP contribution in [0.5, 0.6) is 0 Å². The summed E-state index contributed by atoms with van der Waals surface area (Å²) in [7, 11) is 0. The summed E-state index contributed by atoms with van der Waals surface area (Å²) in [6.45, 7) is 0. The standard InChI is InChI=1S/C36H24F6N4O4/c37-35(38,39)23-17-9-7-15-21(23)27-25-29(33(49)43(31(25)47)19-11-3-1-4-12-19)45-28(22-16-8-10-18-24(22)36(40,41)42)26-30(46(27)45)34(50)44(32(26)48)20-13-5-2-6-14-20/h1-18,25-30H/t25-,26-,27+,28+,29-,30+/m1/s1. The third-order valence-corrected chi connectivity index (χ3v) is 9.92. The molecule has 4 aromatic rings. The highest BCUT2D eigenvalue weighted by molar-refractivity contribution is 6.26. The number of amides is 4. The van der Waals surface area contributed by atoms with E-state index in [2.05, 4.69) is 0 Å². The summed E-state index contributed by atoms with van der Waals surface area (Å²) in [4.78, 5) is 59.3. The summed E-state index contributed by atoms with van der Waals surface area (Å²) in [5.74, 6) is -6.78. The van der Waals surface area contributed by atoms with Crippen LogP contribution >= 0.6 is 0 Å². The number of hydrogen-bond donors (Lipinski definition) is 0. The average molecular weight is 691 g/mol. The molecule has 50 heavy (non-hydrogen) atoms. The average Bonchev–Trinajstić information content (AvgIpc) is 3.76. The van der Waals surface area contributed by atoms with E-state index in [1.165, 1.54) is 36.4 Å². The fraction of sp³-hybridized carbons (Fsp3) is 0.222. The molecule has 4 saturated heterocycles. The van der Waals surface area contributed by atoms with Crippen LogP contribution < -0.4 is 9.80 Å². The number of hydrazine groups is 1. The minimum absolute atomic E-state index is 0.111. The topological polar surface area (TPSA) is 81.2 Å². The van der Waals surface area contributed by atoms with Gasteiger partial charge in [-0.3, -0.25) is 19.2 Å². The number of fused-ring (bicyclic) bond motifs is 5. The molecular weight excluding hydrogens is 666 g/mol. The lowest BCUT2D eigenvalue weighted by molar-refractivity contribution is -0.143. The number of halogens is 6. The minimum Gasteiger partial charge on any atom is -0.274 e. The van der Waals surface area contributed by atoms with E-state index in [0.29, 0.717) is 0 Å². The largest absolute Gasteiger partial charge is 0.416 e. The van der Waals surface area contributed by atoms with Crippen molar-refractivity contribution in [2.24, 2.45) is 11.8 Å². The first-order valence-electron chi connectivity index (χ1n) is 15.6. The van der Waals surface area contributed by atoms with Gasteiger partial charge >= 0.3 is 12.4 Å². The summed E-state index contributed by atoms with van der Waals surface area (Å²) in [6.07, 6.45) is -9.92. The number of anilines is 2. The third-order valence-electron chi connectivity index (χ3n) is 9.92. The highest BCUT2D eigenvalue weighted by Gasteiger charge is 2.74. The van der Waals surface area contributed by atoms with Crippen LogP contribution in [0.25, 0.3) is 0 Å². The summed E-state index contributed by atoms with van der Waals surface area (Å²) in [5, 5.41) is 2.23. The zero-order chi connectivity index (χ0) is 35.3. The number of rotatable bonds is 4. The first-order valence-corrected chi connectivity index (χ1v) is 15.6. The monoisotopic (exact) mass is 690 g/mol. The van der Waals surface area contributed by atoms with E-state index < -0.39 is 94.2 Å². The molecule has 0 saturated carbocycles. The molecule has 0 aliphatic carbocycles. The van der Waals surface area contributed by atoms with Crippen LogP contribution in [-0.2, 0) is 31.5 Å². The molecule has 6 atom stereocenters. The first kappa shape index (κ1) is 31.9. The van der Waals surface area contributed by atoms with Crippen molar-refractivity contribution in [3.63, 3.8) is 0 Å². The molecule has 0 aromatic heterocycles. The van der Waals surface area contributed by atoms with Crippen molar-refractivity contribution in [3.05, 3.63) is 131 Å². The lowest BCUT2D eigenvalue weighted by atomic mass is 9.82. The highest BCUT2D eigenvalue weighted by atomic mass is 19.4. The minimum atomic E-state index is -4.96. The van der Waals surface area contributed by atoms with Crippen LogP contribution in [0.15, 0.2) is 109 Å². The first-order chi connectivity index (χ1) is 23.8. The van der Waals surface area contributed by atoms with E-state index in [4.69, 9.17) is 0 Å². The van der Waals surface area contributed by atoms with Crippen molar-refractivity contribution in [2.45, 2.75) is 36.5 Å². The van der Waals surface area contributed by atoms with Crippen LogP contribution in [0, 0.1) is 11.8 Å². The van der Waals surface area contributed by atoms with Crippen LogP contribution in [-0.4, -0.2) is 45.7 Å². The molecule has 8 rings (SSSR count). The summed E-state index contributed by atoms with van der Waals surface area (Å²) in [6, 6.07) is 17.3. The van der Waals surface area contributed by atoms with Gasteiger partial charge in [0.2, 0.25) is 11.8 Å². The van der Waals surface area contributed by atoms with E-state index in [1.807, 2.05) is 0 Å². The third kappa shape index (κ3) is 4.47. The van der Waals surface area contributed by atoms with Gasteiger partial charge in [-0.15, -0.1) is 0 Å². The molecule has 0 bridgehead atoms. The Kier molecular flexibility index (Phi) is 7.07. The molecule has 0 unspecified atom stereocenters. The zero-order valence-corrected chi connectivity index (χ0v) is 25.5. The number of benzene rings is 4. The lowest BCUT2D eigenvalue weighted by Crippen LogP contribution is -2.50. The van der Waals surface area contributed by atoms with Gasteiger partial charge in [0.15, 0.2) is 0 Å². The maximum Gasteiger partial charge on any atom is 0.416 e. The van der Waals surface area contributed by atoms with Gasteiger partial charge in [0.1, 0.15) is 12.1 Å². The molecule has 4 amide bonds. The van der Waals surface area contributed by atoms with Crippen molar-refractivity contribution in [2.75, 3.05) is 9.80 Å². The quantitative estimate of drug-likeness (QED) is 0.188. The van der Waals surface area contributed by atoms with E-state index in [1.54, 1.807) is 36.4 Å². The van der Waals surface area contributed by atoms with Gasteiger partial charge in [0.05, 0.1) is 46.4 Å². The second-order valence-corrected chi connectivity index (χ2v) is 12.5. The van der Waals surface area contributed by atoms with Gasteiger partial charge < -0.3 is 0 Å². The predicted octanol–water partition coefficient (Wildman–Crippen LogP) is 6.17. The van der Waals surface area contributed by atoms with Crippen LogP contribution in [0.1, 0.15) is 34.3 Å². The molecule has 8 nitrogen and oxygen atoms in total. The van der Waals surface area contributed by atoms with Crippen LogP contribution in [0.2, 0.25) is 0 Å². The Bertz CT molecular complexity index is 1910. The molecule has 14 heteroatoms. The molecule has 4 fully saturated rings. The van der Waals surface area contributed by atoms with Crippen molar-refractivity contribution in [1.82, 2.24) is 10.0 Å². The molecule has 4 aliphatic heterocycles. The van der Waals surface area contributed by atoms with Gasteiger partial charge in [-0.05, 0) is 47.5 Å². The Morgan fingerprint density at radius 2 is 0.720 bits per heavy atom. The fourth-order valence-electron chi connectivity index (χ4n) is 8.14. The Morgan fingerprint density at radius 3 is 1.06 bits per heavy atom. The highest BCUT2D eigenvalue weighted by Crippen LogP contribution is 2.61. The van der Waals surface area contributed by atoms with E-state index in [9.17, 15) is 45.5 Å². The van der Waals surface area contributed by atoms with Crippen LogP contribution in [0.3, 0.4) is 0 Å². The Morgan fingerprint density at radius 1 is 0.400 bits per heavy atom. The maximum atomic E-state index is 14.7. The Hall–Kier alpha value is -5.34. The normalized spacial score (nSPS) is 26.9. The predicted molar refractivity (Wildman–Crippen MR) is 164 cm³/mol. The molecule has 0 spiro atoms. The van der Waals surface area contributed by atoms with E-state index in [-0.39, 0.29) is 11.4 Å². The SMILES string of the molecule is O=C1[C@H]2[C@H](C(=O)N1c1ccccc1)N1[C@@H](c3ccccc3C(F)(F)F)[C@H]3C(=O)N(c4ccccc4)C(=O)[C@H]3N1[C@H]2c1ccccc1C(F)(F)F. The Labute approximate surface area is 280 Å². The van der Waals surface area contributed by atoms with Crippen molar-refractivity contribution >= 4 is 35.0 Å². The fourth-order valence-corrected chi connectivity index (χ4v) is 8.14. The number of carbonyl (C=O) groups is 4. The molecule has 4 aliphatic rings. The number of alkyl halides is 6. The molecule has 0 radical (unpaired) electrons. The van der Waals surface area contributed by atoms with Gasteiger partial charge in [-0.1, -0.05) is 72.8 Å². The molecule has 0 N–H and O–H groups in total. The second kappa shape index (κ2) is 11.1. The second-order valence-electron chi connectivity index (χ2n) is 12.5. The van der Waals surface area contributed by atoms with Crippen LogP contribution in [0.4, 0.5) is 37.7 Å². The number of para-hydroxylation sites is 2. The molecule has 4 heterocycles. The van der Waals surface area contributed by atoms with Gasteiger partial charge in [0, 0.05) is 0 Å². The Balaban J connectivity index is 1.41. The molecule has 254 valence electrons. The molecular formula is C36H24F6N4O4. The number of carbonyl (C=O) groups excluding carboxylic acids is 4. The van der Waals surface area contributed by atoms with Gasteiger partial charge in [-0.25, -0.2) is 19.8 Å². The van der Waals surface area contributed by atoms with Crippen molar-refractivity contribution in [3.8, 4) is 0 Å². The lowest BCUT2D eigenvalue weighted by Gasteiger charge is -2.36. The van der Waals surface area contributed by atoms with Gasteiger partial charge in [0.25, 0.3) is 11.8 Å². The molecule has 4 aromatic carbocycles. The maximum absolute atomic E-state index is 14.7. The van der Waals surface area contributed by atoms with E-state index in [0.717, 1.165) is 56.2 Å². The summed E-state index contributed by atoms with van der Waals surface area (Å²) < 4.78 is 88.0.